The highest BCUT2D eigenvalue weighted by Gasteiger charge is 2.15. The molecule has 0 radical (unpaired) electrons. The summed E-state index contributed by atoms with van der Waals surface area (Å²) in [7, 11) is 0. The number of aromatic nitrogens is 2. The van der Waals surface area contributed by atoms with Crippen LogP contribution < -0.4 is 5.32 Å². The molecule has 2 aromatic carbocycles. The average Bonchev–Trinajstić information content (AvgIpc) is 3.11. The van der Waals surface area contributed by atoms with E-state index >= 15 is 0 Å². The molecule has 0 aliphatic carbocycles. The lowest BCUT2D eigenvalue weighted by atomic mass is 9.87. The third-order valence-corrected chi connectivity index (χ3v) is 4.71. The fourth-order valence-electron chi connectivity index (χ4n) is 2.90. The Bertz CT molecular complexity index is 966. The van der Waals surface area contributed by atoms with Crippen molar-refractivity contribution in [3.63, 3.8) is 0 Å². The van der Waals surface area contributed by atoms with Crippen LogP contribution in [-0.2, 0) is 16.6 Å². The minimum absolute atomic E-state index is 0.0667. The summed E-state index contributed by atoms with van der Waals surface area (Å²) in [5, 5.41) is 7.00. The monoisotopic (exact) mass is 377 g/mol. The first-order chi connectivity index (χ1) is 13.2. The predicted octanol–water partition coefficient (Wildman–Crippen LogP) is 5.22. The van der Waals surface area contributed by atoms with Gasteiger partial charge in [0.1, 0.15) is 0 Å². The molecule has 1 amide bonds. The van der Waals surface area contributed by atoms with Crippen LogP contribution in [0.5, 0.6) is 0 Å². The van der Waals surface area contributed by atoms with Crippen LogP contribution >= 0.6 is 0 Å². The van der Waals surface area contributed by atoms with Crippen molar-refractivity contribution in [2.75, 3.05) is 5.32 Å². The number of carbonyl (C=O) groups is 1. The van der Waals surface area contributed by atoms with Gasteiger partial charge in [0, 0.05) is 24.1 Å². The minimum Gasteiger partial charge on any atom is -0.339 e. The summed E-state index contributed by atoms with van der Waals surface area (Å²) in [5.41, 5.74) is 5.25. The Morgan fingerprint density at radius 3 is 2.46 bits per heavy atom. The minimum atomic E-state index is -0.0667. The largest absolute Gasteiger partial charge is 0.339 e. The first-order valence-electron chi connectivity index (χ1n) is 9.53. The van der Waals surface area contributed by atoms with Crippen LogP contribution in [0.3, 0.4) is 0 Å². The van der Waals surface area contributed by atoms with E-state index in [-0.39, 0.29) is 17.7 Å². The molecule has 0 unspecified atom stereocenters. The fourth-order valence-corrected chi connectivity index (χ4v) is 2.90. The summed E-state index contributed by atoms with van der Waals surface area (Å²) in [6.07, 6.45) is 0.696. The van der Waals surface area contributed by atoms with Gasteiger partial charge in [-0.1, -0.05) is 62.3 Å². The Morgan fingerprint density at radius 2 is 1.79 bits per heavy atom. The van der Waals surface area contributed by atoms with Crippen LogP contribution in [0.2, 0.25) is 0 Å². The molecule has 0 aliphatic heterocycles. The molecule has 5 heteroatoms. The summed E-state index contributed by atoms with van der Waals surface area (Å²) >= 11 is 0. The van der Waals surface area contributed by atoms with E-state index in [0.717, 1.165) is 22.4 Å². The molecule has 0 saturated heterocycles. The van der Waals surface area contributed by atoms with Crippen molar-refractivity contribution in [1.29, 1.82) is 0 Å². The van der Waals surface area contributed by atoms with E-state index < -0.39 is 0 Å². The molecule has 0 aliphatic rings. The lowest BCUT2D eigenvalue weighted by Crippen LogP contribution is -2.13. The third-order valence-electron chi connectivity index (χ3n) is 4.71. The Morgan fingerprint density at radius 1 is 1.07 bits per heavy atom. The predicted molar refractivity (Wildman–Crippen MR) is 111 cm³/mol. The Kier molecular flexibility index (Phi) is 5.63. The Hall–Kier alpha value is -2.95. The molecule has 28 heavy (non-hydrogen) atoms. The van der Waals surface area contributed by atoms with Gasteiger partial charge in [0.2, 0.25) is 17.6 Å². The second kappa shape index (κ2) is 7.97. The van der Waals surface area contributed by atoms with E-state index in [1.165, 1.54) is 5.56 Å². The van der Waals surface area contributed by atoms with Crippen LogP contribution in [-0.4, -0.2) is 16.0 Å². The maximum absolute atomic E-state index is 12.3. The SMILES string of the molecule is Cc1ccc(C)c(NC(=O)CCc2nc(-c3ccc(C(C)(C)C)cc3)no2)c1. The average molecular weight is 377 g/mol. The summed E-state index contributed by atoms with van der Waals surface area (Å²) in [4.78, 5) is 16.7. The lowest BCUT2D eigenvalue weighted by molar-refractivity contribution is -0.116. The van der Waals surface area contributed by atoms with Crippen LogP contribution in [0.15, 0.2) is 47.0 Å². The first-order valence-corrected chi connectivity index (χ1v) is 9.53. The summed E-state index contributed by atoms with van der Waals surface area (Å²) in [6, 6.07) is 14.2. The number of hydrogen-bond donors (Lipinski definition) is 1. The number of aryl methyl sites for hydroxylation is 3. The molecule has 1 N–H and O–H groups in total. The van der Waals surface area contributed by atoms with Gasteiger partial charge in [-0.2, -0.15) is 4.98 Å². The maximum atomic E-state index is 12.3. The van der Waals surface area contributed by atoms with Gasteiger partial charge in [-0.3, -0.25) is 4.79 Å². The molecule has 1 heterocycles. The number of carbonyl (C=O) groups excluding carboxylic acids is 1. The van der Waals surface area contributed by atoms with Crippen molar-refractivity contribution in [2.24, 2.45) is 0 Å². The van der Waals surface area contributed by atoms with Crippen molar-refractivity contribution >= 4 is 11.6 Å². The van der Waals surface area contributed by atoms with E-state index in [4.69, 9.17) is 4.52 Å². The number of nitrogens with zero attached hydrogens (tertiary/aromatic N) is 2. The zero-order chi connectivity index (χ0) is 20.3. The second-order valence-corrected chi connectivity index (χ2v) is 8.21. The standard InChI is InChI=1S/C23H27N3O2/c1-15-6-7-16(2)19(14-15)24-20(27)12-13-21-25-22(26-28-21)17-8-10-18(11-9-17)23(3,4)5/h6-11,14H,12-13H2,1-5H3,(H,24,27). The lowest BCUT2D eigenvalue weighted by Gasteiger charge is -2.18. The molecular formula is C23H27N3O2. The number of rotatable bonds is 5. The third kappa shape index (κ3) is 4.85. The first kappa shape index (κ1) is 19.8. The van der Waals surface area contributed by atoms with Gasteiger partial charge < -0.3 is 9.84 Å². The summed E-state index contributed by atoms with van der Waals surface area (Å²) in [5.74, 6) is 0.944. The van der Waals surface area contributed by atoms with Gasteiger partial charge in [0.25, 0.3) is 0 Å². The molecule has 1 aromatic heterocycles. The Labute approximate surface area is 166 Å². The number of anilines is 1. The molecule has 3 rings (SSSR count). The molecule has 0 saturated carbocycles. The number of benzene rings is 2. The molecule has 0 atom stereocenters. The Balaban J connectivity index is 1.60. The van der Waals surface area contributed by atoms with Gasteiger partial charge in [-0.25, -0.2) is 0 Å². The highest BCUT2D eigenvalue weighted by atomic mass is 16.5. The van der Waals surface area contributed by atoms with Crippen molar-refractivity contribution in [3.8, 4) is 11.4 Å². The normalized spacial score (nSPS) is 11.5. The molecule has 0 bridgehead atoms. The zero-order valence-electron chi connectivity index (χ0n) is 17.2. The summed E-state index contributed by atoms with van der Waals surface area (Å²) in [6.45, 7) is 10.5. The van der Waals surface area contributed by atoms with Crippen LogP contribution in [0.25, 0.3) is 11.4 Å². The van der Waals surface area contributed by atoms with Gasteiger partial charge in [-0.15, -0.1) is 0 Å². The van der Waals surface area contributed by atoms with Crippen LogP contribution in [0, 0.1) is 13.8 Å². The van der Waals surface area contributed by atoms with E-state index in [2.05, 4.69) is 48.4 Å². The molecule has 0 spiro atoms. The van der Waals surface area contributed by atoms with Gasteiger partial charge in [0.15, 0.2) is 0 Å². The second-order valence-electron chi connectivity index (χ2n) is 8.21. The van der Waals surface area contributed by atoms with Crippen molar-refractivity contribution in [1.82, 2.24) is 10.1 Å². The highest BCUT2D eigenvalue weighted by molar-refractivity contribution is 5.91. The van der Waals surface area contributed by atoms with Crippen LogP contribution in [0.1, 0.15) is 49.8 Å². The fraction of sp³-hybridized carbons (Fsp3) is 0.348. The topological polar surface area (TPSA) is 68.0 Å². The van der Waals surface area contributed by atoms with Crippen molar-refractivity contribution in [3.05, 3.63) is 65.0 Å². The molecule has 3 aromatic rings. The quantitative estimate of drug-likeness (QED) is 0.662. The maximum Gasteiger partial charge on any atom is 0.227 e. The molecular weight excluding hydrogens is 350 g/mol. The van der Waals surface area contributed by atoms with E-state index in [0.29, 0.717) is 18.1 Å². The smallest absolute Gasteiger partial charge is 0.227 e. The van der Waals surface area contributed by atoms with Crippen molar-refractivity contribution < 1.29 is 9.32 Å². The number of amides is 1. The number of nitrogens with one attached hydrogen (secondary N) is 1. The van der Waals surface area contributed by atoms with E-state index in [1.807, 2.05) is 44.2 Å². The molecule has 5 nitrogen and oxygen atoms in total. The van der Waals surface area contributed by atoms with Gasteiger partial charge >= 0.3 is 0 Å². The van der Waals surface area contributed by atoms with Crippen molar-refractivity contribution in [2.45, 2.75) is 52.9 Å². The van der Waals surface area contributed by atoms with Gasteiger partial charge in [-0.05, 0) is 42.0 Å². The molecule has 0 fully saturated rings. The molecule has 146 valence electrons. The number of hydrogen-bond acceptors (Lipinski definition) is 4. The van der Waals surface area contributed by atoms with E-state index in [9.17, 15) is 4.79 Å². The van der Waals surface area contributed by atoms with E-state index in [1.54, 1.807) is 0 Å². The van der Waals surface area contributed by atoms with Gasteiger partial charge in [0.05, 0.1) is 0 Å². The zero-order valence-corrected chi connectivity index (χ0v) is 17.2. The highest BCUT2D eigenvalue weighted by Crippen LogP contribution is 2.25. The van der Waals surface area contributed by atoms with Crippen LogP contribution in [0.4, 0.5) is 5.69 Å². The summed E-state index contributed by atoms with van der Waals surface area (Å²) < 4.78 is 5.32.